The Hall–Kier alpha value is -14.3. The fourth-order valence-corrected chi connectivity index (χ4v) is 27.7. The van der Waals surface area contributed by atoms with Gasteiger partial charge in [-0.05, 0) is 247 Å². The van der Waals surface area contributed by atoms with Gasteiger partial charge in [-0.1, -0.05) is 466 Å². The summed E-state index contributed by atoms with van der Waals surface area (Å²) in [6, 6.07) is 183. The van der Waals surface area contributed by atoms with Crippen molar-refractivity contribution in [3.05, 3.63) is 602 Å². The van der Waals surface area contributed by atoms with Gasteiger partial charge in [0, 0.05) is 56.5 Å². The van der Waals surface area contributed by atoms with E-state index >= 15 is 0 Å². The van der Waals surface area contributed by atoms with E-state index in [-0.39, 0.29) is 31.5 Å². The summed E-state index contributed by atoms with van der Waals surface area (Å²) in [7, 11) is -3.09. The minimum absolute atomic E-state index is 0. The molecule has 0 atom stereocenters. The van der Waals surface area contributed by atoms with E-state index in [0.717, 1.165) is 37.2 Å². The number of imidazole rings is 2. The van der Waals surface area contributed by atoms with Crippen molar-refractivity contribution in [1.82, 2.24) is 38.2 Å². The number of para-hydroxylation sites is 2. The molecular weight excluding hydrogens is 2190 g/mol. The van der Waals surface area contributed by atoms with Crippen LogP contribution in [-0.4, -0.2) is 55.4 Å². The molecule has 12 nitrogen and oxygen atoms in total. The van der Waals surface area contributed by atoms with E-state index in [1.54, 1.807) is 74.2 Å². The maximum absolute atomic E-state index is 13.7. The Morgan fingerprint density at radius 3 is 0.705 bits per heavy atom. The summed E-state index contributed by atoms with van der Waals surface area (Å²) < 4.78 is 7.96. The second-order valence-electron chi connectivity index (χ2n) is 33.2. The molecule has 0 fully saturated rings. The molecule has 0 unspecified atom stereocenters. The normalized spacial score (nSPS) is 10.7. The molecule has 23 heteroatoms. The summed E-state index contributed by atoms with van der Waals surface area (Å²) in [4.78, 5) is 45.9. The maximum atomic E-state index is 13.7. The van der Waals surface area contributed by atoms with Crippen LogP contribution in [0.3, 0.4) is 0 Å². The van der Waals surface area contributed by atoms with Gasteiger partial charge in [0.2, 0.25) is 0 Å². The summed E-state index contributed by atoms with van der Waals surface area (Å²) in [5, 5.41) is 42.6. The fraction of sp³-hybridized carbons (Fsp3) is 0. The molecule has 18 aromatic carbocycles. The Labute approximate surface area is 917 Å². The second kappa shape index (κ2) is 54.1. The van der Waals surface area contributed by atoms with Gasteiger partial charge in [0.25, 0.3) is 11.1 Å². The summed E-state index contributed by atoms with van der Waals surface area (Å²) in [6.45, 7) is 0. The van der Waals surface area contributed by atoms with Gasteiger partial charge in [-0.15, -0.1) is 0 Å². The van der Waals surface area contributed by atoms with E-state index in [9.17, 15) is 9.59 Å². The first kappa shape index (κ1) is 106. The number of rotatable bonds is 20. The third kappa shape index (κ3) is 27.6. The van der Waals surface area contributed by atoms with E-state index in [1.165, 1.54) is 75.0 Å². The summed E-state index contributed by atoms with van der Waals surface area (Å²) in [6.07, 6.45) is 3.28. The molecule has 24 aromatic rings. The molecule has 0 aliphatic carbocycles. The number of nitrogens with zero attached hydrogens (tertiary/aromatic N) is 8. The molecule has 24 rings (SSSR count). The largest absolute Gasteiger partial charge is 0.489 e. The van der Waals surface area contributed by atoms with Crippen LogP contribution < -0.4 is 80.2 Å². The standard InChI is InChI=1S/C27H17ClN4OS.C23H14ClIN4O.4C18H15P.C4H5BO2S.Pd/c28-21-10-12-23(13-11-21)32-25(19-8-6-18(7-9-19)20-14-15-34-16-20)30-26-24(27(32)33)29-17-31(26)22-4-2-1-3-5-22;24-16-8-12-19(13-9-16)29-21(15-6-10-17(25)11-7-15)27-22-20(23(29)30)26-14-28(22)18-4-2-1-3-5-18;4*1-4-10-16(11-5-1)19(17-12-6-2-7-13-17)18-14-8-3-9-15-18;6-5(7)4-1-2-8-3-4;/h1-17H;1-14H;4*1-15H;1-3,6-7H;. The maximum Gasteiger partial charge on any atom is 0.489 e. The van der Waals surface area contributed by atoms with E-state index < -0.39 is 38.8 Å². The van der Waals surface area contributed by atoms with Crippen molar-refractivity contribution in [3.63, 3.8) is 0 Å². The third-order valence-electron chi connectivity index (χ3n) is 23.5. The molecule has 0 aliphatic rings. The van der Waals surface area contributed by atoms with Crippen molar-refractivity contribution in [1.29, 1.82) is 0 Å². The Kier molecular flexibility index (Phi) is 38.5. The number of benzene rings is 18. The Bertz CT molecular complexity index is 7480. The molecule has 0 bridgehead atoms. The first-order valence-corrected chi connectivity index (χ1v) is 56.7. The molecule has 6 heterocycles. The average molecular weight is 2290 g/mol. The second-order valence-corrected chi connectivity index (χ2v) is 45.8. The van der Waals surface area contributed by atoms with E-state index in [2.05, 4.69) is 426 Å². The van der Waals surface area contributed by atoms with Crippen LogP contribution >= 0.6 is 100 Å². The van der Waals surface area contributed by atoms with Crippen LogP contribution in [0.1, 0.15) is 0 Å². The molecule has 0 spiro atoms. The van der Waals surface area contributed by atoms with Gasteiger partial charge in [0.15, 0.2) is 22.3 Å². The van der Waals surface area contributed by atoms with Gasteiger partial charge < -0.3 is 10.0 Å². The quantitative estimate of drug-likeness (QED) is 0.0436. The van der Waals surface area contributed by atoms with Gasteiger partial charge in [-0.25, -0.2) is 19.9 Å². The molecule has 6 aromatic heterocycles. The summed E-state index contributed by atoms with van der Waals surface area (Å²) in [5.41, 5.74) is 8.82. The molecule has 0 saturated heterocycles. The van der Waals surface area contributed by atoms with Crippen molar-refractivity contribution < 1.29 is 30.5 Å². The van der Waals surface area contributed by atoms with Gasteiger partial charge in [0.05, 0.1) is 11.4 Å². The number of aromatic nitrogens is 8. The van der Waals surface area contributed by atoms with Gasteiger partial charge in [0.1, 0.15) is 24.3 Å². The average Bonchev–Trinajstić information content (AvgIpc) is 1.64. The smallest absolute Gasteiger partial charge is 0.423 e. The van der Waals surface area contributed by atoms with Gasteiger partial charge in [-0.2, -0.15) is 22.7 Å². The molecule has 2 N–H and O–H groups in total. The van der Waals surface area contributed by atoms with Crippen LogP contribution in [0.5, 0.6) is 0 Å². The van der Waals surface area contributed by atoms with Crippen LogP contribution in [0.15, 0.2) is 578 Å². The van der Waals surface area contributed by atoms with Crippen molar-refractivity contribution in [2.24, 2.45) is 0 Å². The zero-order chi connectivity index (χ0) is 101. The van der Waals surface area contributed by atoms with Crippen LogP contribution in [0.25, 0.3) is 79.0 Å². The molecule has 0 saturated carbocycles. The first-order valence-electron chi connectivity index (χ1n) is 47.6. The SMILES string of the molecule is O=c1c2ncn(-c3ccccc3)c2nc(-c2ccc(-c3ccsc3)cc2)n1-c1ccc(Cl)cc1.O=c1c2ncn(-c3ccccc3)c2nc(-c2ccc(I)cc2)n1-c1ccc(Cl)cc1.OB(O)c1ccsc1.[Pd].c1ccc(P(c2ccccc2)c2ccccc2)cc1.c1ccc(P(c2ccccc2)c2ccccc2)cc1.c1ccc(P(c2ccccc2)c2ccccc2)cc1.c1ccc(P(c2ccccc2)c2ccccc2)cc1. The van der Waals surface area contributed by atoms with Crippen molar-refractivity contribution >= 4 is 199 Å². The molecule has 0 amide bonds. The minimum atomic E-state index is -1.30. The van der Waals surface area contributed by atoms with Crippen LogP contribution in [0.2, 0.25) is 10.0 Å². The fourth-order valence-electron chi connectivity index (χ4n) is 16.5. The molecule has 149 heavy (non-hydrogen) atoms. The van der Waals surface area contributed by atoms with Crippen LogP contribution in [0, 0.1) is 3.57 Å². The van der Waals surface area contributed by atoms with Crippen LogP contribution in [-0.2, 0) is 20.4 Å². The Morgan fingerprint density at radius 2 is 0.483 bits per heavy atom. The topological polar surface area (TPSA) is 146 Å². The van der Waals surface area contributed by atoms with Crippen molar-refractivity contribution in [2.75, 3.05) is 0 Å². The number of hydrogen-bond acceptors (Lipinski definition) is 10. The van der Waals surface area contributed by atoms with Crippen molar-refractivity contribution in [2.45, 2.75) is 0 Å². The predicted octanol–water partition coefficient (Wildman–Crippen LogP) is 25.3. The molecular formula is C126H96BCl2IN8O4P4PdS2. The van der Waals surface area contributed by atoms with Gasteiger partial charge >= 0.3 is 7.12 Å². The summed E-state index contributed by atoms with van der Waals surface area (Å²) >= 11 is 17.5. The Balaban J connectivity index is 0.000000122. The van der Waals surface area contributed by atoms with Gasteiger partial charge in [-0.3, -0.25) is 27.9 Å². The van der Waals surface area contributed by atoms with Crippen LogP contribution in [0.4, 0.5) is 0 Å². The van der Waals surface area contributed by atoms with E-state index in [0.29, 0.717) is 60.9 Å². The van der Waals surface area contributed by atoms with E-state index in [4.69, 9.17) is 43.2 Å². The molecule has 730 valence electrons. The molecule has 0 aliphatic heterocycles. The van der Waals surface area contributed by atoms with E-state index in [1.807, 2.05) is 130 Å². The monoisotopic (exact) mass is 2290 g/mol. The predicted molar refractivity (Wildman–Crippen MR) is 641 cm³/mol. The molecule has 0 radical (unpaired) electrons. The zero-order valence-electron chi connectivity index (χ0n) is 80.2. The number of thiophene rings is 2. The third-order valence-corrected chi connectivity index (χ3v) is 35.9. The minimum Gasteiger partial charge on any atom is -0.423 e. The van der Waals surface area contributed by atoms with Crippen molar-refractivity contribution in [3.8, 4) is 56.7 Å². The number of fused-ring (bicyclic) bond motifs is 2. The first-order chi connectivity index (χ1) is 72.9. The summed E-state index contributed by atoms with van der Waals surface area (Å²) in [5.74, 6) is 1.08. The number of halogens is 3. The number of hydrogen-bond donors (Lipinski definition) is 2. The Morgan fingerprint density at radius 1 is 0.255 bits per heavy atom. The zero-order valence-corrected chi connectivity index (χ0v) is 90.6.